The van der Waals surface area contributed by atoms with Crippen LogP contribution in [0.4, 0.5) is 5.69 Å². The lowest BCUT2D eigenvalue weighted by molar-refractivity contribution is -0.385. The molecule has 0 N–H and O–H groups in total. The van der Waals surface area contributed by atoms with E-state index in [2.05, 4.69) is 0 Å². The Labute approximate surface area is 152 Å². The van der Waals surface area contributed by atoms with Crippen LogP contribution in [0, 0.1) is 10.1 Å². The molecule has 0 radical (unpaired) electrons. The van der Waals surface area contributed by atoms with Crippen LogP contribution in [0.3, 0.4) is 0 Å². The summed E-state index contributed by atoms with van der Waals surface area (Å²) < 4.78 is 0. The number of benzene rings is 2. The van der Waals surface area contributed by atoms with Crippen molar-refractivity contribution in [2.24, 2.45) is 0 Å². The molecular weight excluding hydrogens is 360 g/mol. The van der Waals surface area contributed by atoms with Crippen LogP contribution in [0.1, 0.15) is 55.5 Å². The monoisotopic (exact) mass is 370 g/mol. The van der Waals surface area contributed by atoms with Gasteiger partial charge in [0, 0.05) is 23.1 Å². The summed E-state index contributed by atoms with van der Waals surface area (Å²) in [6.07, 6.45) is 0.171. The minimum atomic E-state index is -0.817. The summed E-state index contributed by atoms with van der Waals surface area (Å²) in [7, 11) is 0. The van der Waals surface area contributed by atoms with Crippen LogP contribution in [0.25, 0.3) is 0 Å². The lowest BCUT2D eigenvalue weighted by Crippen LogP contribution is -2.37. The number of nitro benzene ring substituents is 1. The number of nitro groups is 1. The van der Waals surface area contributed by atoms with Crippen molar-refractivity contribution in [1.82, 2.24) is 4.90 Å². The highest BCUT2D eigenvalue weighted by Gasteiger charge is 2.45. The first-order chi connectivity index (χ1) is 12.4. The molecular formula is C18H11ClN2O5. The minimum absolute atomic E-state index is 0.00768. The Bertz CT molecular complexity index is 982. The number of carbonyl (C=O) groups is 3. The molecule has 2 aromatic carbocycles. The van der Waals surface area contributed by atoms with Gasteiger partial charge in [-0.2, -0.15) is 0 Å². The molecule has 1 heterocycles. The molecule has 8 heteroatoms. The molecule has 0 aromatic heterocycles. The summed E-state index contributed by atoms with van der Waals surface area (Å²) in [6.45, 7) is 0. The Balaban J connectivity index is 1.90. The summed E-state index contributed by atoms with van der Waals surface area (Å²) in [5.41, 5.74) is 0.243. The Morgan fingerprint density at radius 2 is 1.65 bits per heavy atom. The van der Waals surface area contributed by atoms with E-state index in [1.54, 1.807) is 24.3 Å². The highest BCUT2D eigenvalue weighted by Crippen LogP contribution is 2.44. The molecule has 0 saturated heterocycles. The van der Waals surface area contributed by atoms with Crippen molar-refractivity contribution in [3.63, 3.8) is 0 Å². The molecule has 1 aliphatic heterocycles. The van der Waals surface area contributed by atoms with Gasteiger partial charge in [0.1, 0.15) is 5.56 Å². The second-order valence-electron chi connectivity index (χ2n) is 6.12. The van der Waals surface area contributed by atoms with Gasteiger partial charge in [0.05, 0.1) is 22.1 Å². The van der Waals surface area contributed by atoms with Crippen LogP contribution in [-0.4, -0.2) is 27.4 Å². The van der Waals surface area contributed by atoms with Crippen molar-refractivity contribution >= 4 is 34.9 Å². The zero-order valence-corrected chi connectivity index (χ0v) is 14.0. The normalized spacial score (nSPS) is 18.7. The third kappa shape index (κ3) is 2.17. The topological polar surface area (TPSA) is 97.6 Å². The number of imide groups is 1. The largest absolute Gasteiger partial charge is 0.294 e. The standard InChI is InChI=1S/C18H11ClN2O5/c19-11-5-6-13(21(25)26)16-14(22)8-7-12(15(11)16)20-17(23)9-3-1-2-4-10(9)18(20)24/h1-6,12H,7-8H2. The molecule has 0 spiro atoms. The number of ketones is 1. The molecule has 1 atom stereocenters. The van der Waals surface area contributed by atoms with Crippen LogP contribution in [-0.2, 0) is 0 Å². The van der Waals surface area contributed by atoms with E-state index < -0.39 is 28.6 Å². The van der Waals surface area contributed by atoms with E-state index in [0.717, 1.165) is 4.90 Å². The van der Waals surface area contributed by atoms with Gasteiger partial charge >= 0.3 is 0 Å². The van der Waals surface area contributed by atoms with E-state index in [9.17, 15) is 24.5 Å². The van der Waals surface area contributed by atoms with Crippen molar-refractivity contribution in [3.8, 4) is 0 Å². The molecule has 130 valence electrons. The van der Waals surface area contributed by atoms with Gasteiger partial charge in [0.15, 0.2) is 5.78 Å². The minimum Gasteiger partial charge on any atom is -0.294 e. The van der Waals surface area contributed by atoms with Gasteiger partial charge in [-0.25, -0.2) is 0 Å². The molecule has 0 bridgehead atoms. The molecule has 2 aliphatic rings. The lowest BCUT2D eigenvalue weighted by Gasteiger charge is -2.31. The predicted octanol–water partition coefficient (Wildman–Crippen LogP) is 3.56. The molecule has 1 unspecified atom stereocenters. The second kappa shape index (κ2) is 5.74. The summed E-state index contributed by atoms with van der Waals surface area (Å²) in [4.78, 5) is 49.6. The third-order valence-electron chi connectivity index (χ3n) is 4.76. The van der Waals surface area contributed by atoms with E-state index >= 15 is 0 Å². The van der Waals surface area contributed by atoms with Crippen molar-refractivity contribution in [3.05, 3.63) is 73.8 Å². The third-order valence-corrected chi connectivity index (χ3v) is 5.09. The van der Waals surface area contributed by atoms with E-state index in [0.29, 0.717) is 0 Å². The molecule has 4 rings (SSSR count). The average molecular weight is 371 g/mol. The quantitative estimate of drug-likeness (QED) is 0.457. The number of nitrogens with zero attached hydrogens (tertiary/aromatic N) is 2. The number of Topliss-reactive ketones (excluding diaryl/α,β-unsaturated/α-hetero) is 1. The Morgan fingerprint density at radius 1 is 1.04 bits per heavy atom. The fourth-order valence-electron chi connectivity index (χ4n) is 3.64. The Morgan fingerprint density at radius 3 is 2.23 bits per heavy atom. The number of fused-ring (bicyclic) bond motifs is 2. The van der Waals surface area contributed by atoms with Gasteiger partial charge < -0.3 is 0 Å². The highest BCUT2D eigenvalue weighted by molar-refractivity contribution is 6.32. The molecule has 0 fully saturated rings. The van der Waals surface area contributed by atoms with Crippen LogP contribution in [0.5, 0.6) is 0 Å². The van der Waals surface area contributed by atoms with Gasteiger partial charge in [-0.3, -0.25) is 29.4 Å². The number of hydrogen-bond acceptors (Lipinski definition) is 5. The maximum absolute atomic E-state index is 12.8. The van der Waals surface area contributed by atoms with E-state index in [4.69, 9.17) is 11.6 Å². The number of carbonyl (C=O) groups excluding carboxylic acids is 3. The molecule has 7 nitrogen and oxygen atoms in total. The fourth-order valence-corrected chi connectivity index (χ4v) is 3.92. The van der Waals surface area contributed by atoms with E-state index in [1.807, 2.05) is 0 Å². The summed E-state index contributed by atoms with van der Waals surface area (Å²) >= 11 is 6.24. The highest BCUT2D eigenvalue weighted by atomic mass is 35.5. The van der Waals surface area contributed by atoms with E-state index in [-0.39, 0.29) is 45.8 Å². The maximum atomic E-state index is 12.8. The van der Waals surface area contributed by atoms with Crippen molar-refractivity contribution in [2.45, 2.75) is 18.9 Å². The fraction of sp³-hybridized carbons (Fsp3) is 0.167. The van der Waals surface area contributed by atoms with E-state index in [1.165, 1.54) is 12.1 Å². The van der Waals surface area contributed by atoms with Crippen molar-refractivity contribution in [1.29, 1.82) is 0 Å². The number of amides is 2. The van der Waals surface area contributed by atoms with Gasteiger partial charge in [-0.05, 0) is 24.6 Å². The number of halogens is 1. The van der Waals surface area contributed by atoms with Gasteiger partial charge in [0.25, 0.3) is 17.5 Å². The molecule has 0 saturated carbocycles. The first-order valence-electron chi connectivity index (χ1n) is 7.88. The summed E-state index contributed by atoms with van der Waals surface area (Å²) in [5, 5.41) is 11.5. The molecule has 2 aromatic rings. The smallest absolute Gasteiger partial charge is 0.280 e. The zero-order valence-electron chi connectivity index (χ0n) is 13.3. The van der Waals surface area contributed by atoms with Crippen molar-refractivity contribution in [2.75, 3.05) is 0 Å². The van der Waals surface area contributed by atoms with Gasteiger partial charge in [0.2, 0.25) is 0 Å². The number of rotatable bonds is 2. The van der Waals surface area contributed by atoms with Crippen LogP contribution in [0.15, 0.2) is 36.4 Å². The van der Waals surface area contributed by atoms with Crippen LogP contribution < -0.4 is 0 Å². The van der Waals surface area contributed by atoms with Gasteiger partial charge in [-0.15, -0.1) is 0 Å². The van der Waals surface area contributed by atoms with Crippen LogP contribution in [0.2, 0.25) is 5.02 Å². The summed E-state index contributed by atoms with van der Waals surface area (Å²) in [5.74, 6) is -1.39. The Kier molecular flexibility index (Phi) is 3.62. The zero-order chi connectivity index (χ0) is 18.6. The molecule has 1 aliphatic carbocycles. The SMILES string of the molecule is O=C1CCC(N2C(=O)c3ccccc3C2=O)c2c(Cl)ccc([N+](=O)[O-])c21. The summed E-state index contributed by atoms with van der Waals surface area (Å²) in [6, 6.07) is 8.10. The van der Waals surface area contributed by atoms with Crippen LogP contribution >= 0.6 is 11.6 Å². The van der Waals surface area contributed by atoms with Gasteiger partial charge in [-0.1, -0.05) is 23.7 Å². The number of hydrogen-bond donors (Lipinski definition) is 0. The second-order valence-corrected chi connectivity index (χ2v) is 6.52. The predicted molar refractivity (Wildman–Crippen MR) is 91.4 cm³/mol. The van der Waals surface area contributed by atoms with Crippen molar-refractivity contribution < 1.29 is 19.3 Å². The average Bonchev–Trinajstić information content (AvgIpc) is 2.87. The first-order valence-corrected chi connectivity index (χ1v) is 8.26. The maximum Gasteiger partial charge on any atom is 0.280 e. The first kappa shape index (κ1) is 16.4. The molecule has 2 amide bonds. The molecule has 26 heavy (non-hydrogen) atoms. The lowest BCUT2D eigenvalue weighted by atomic mass is 9.84. The Hall–Kier alpha value is -3.06.